The summed E-state index contributed by atoms with van der Waals surface area (Å²) < 4.78 is 0. The molecular weight excluding hydrogens is 242 g/mol. The van der Waals surface area contributed by atoms with Gasteiger partial charge in [0.1, 0.15) is 0 Å². The Morgan fingerprint density at radius 1 is 1.44 bits per heavy atom. The smallest absolute Gasteiger partial charge is 1.00 e. The van der Waals surface area contributed by atoms with Crippen LogP contribution in [0.1, 0.15) is 13.8 Å². The summed E-state index contributed by atoms with van der Waals surface area (Å²) in [7, 11) is 0. The molecule has 0 atom stereocenters. The zero-order chi connectivity index (χ0) is 6.08. The molecule has 0 saturated heterocycles. The summed E-state index contributed by atoms with van der Waals surface area (Å²) in [5.74, 6) is -0.479. The number of rotatable bonds is 1. The van der Waals surface area contributed by atoms with Gasteiger partial charge in [0.05, 0.1) is 5.54 Å². The third-order valence-electron chi connectivity index (χ3n) is 0.635. The van der Waals surface area contributed by atoms with E-state index in [2.05, 4.69) is 0 Å². The molecule has 0 fully saturated rings. The quantitative estimate of drug-likeness (QED) is 0.360. The van der Waals surface area contributed by atoms with Gasteiger partial charge in [-0.15, -0.1) is 0 Å². The van der Waals surface area contributed by atoms with E-state index >= 15 is 0 Å². The van der Waals surface area contributed by atoms with Crippen molar-refractivity contribution in [3.63, 3.8) is 0 Å². The fourth-order valence-electron chi connectivity index (χ4n) is 0. The first-order valence-corrected chi connectivity index (χ1v) is 2.03. The minimum absolute atomic E-state index is 0. The topological polar surface area (TPSA) is 69.1 Å². The van der Waals surface area contributed by atoms with Crippen LogP contribution in [0.5, 0.6) is 0 Å². The molecule has 0 bridgehead atoms. The molecule has 0 aromatic carbocycles. The van der Waals surface area contributed by atoms with Gasteiger partial charge in [0.15, 0.2) is 0 Å². The first-order chi connectivity index (χ1) is 2.94. The number of carbonyl (C=O) groups is 1. The summed E-state index contributed by atoms with van der Waals surface area (Å²) in [6.07, 6.45) is 0. The van der Waals surface area contributed by atoms with Crippen molar-refractivity contribution in [3.05, 3.63) is 0 Å². The Balaban J connectivity index is -0.000000180. The molecule has 0 aliphatic carbocycles. The number of halogens is 1. The minimum Gasteiger partial charge on any atom is -1.00 e. The molecule has 0 aliphatic heterocycles. The van der Waals surface area contributed by atoms with Gasteiger partial charge in [-0.05, 0) is 13.8 Å². The van der Waals surface area contributed by atoms with Gasteiger partial charge in [0, 0.05) is 0 Å². The molecule has 9 heavy (non-hydrogen) atoms. The van der Waals surface area contributed by atoms with Crippen molar-refractivity contribution in [1.82, 2.24) is 0 Å². The molecule has 0 aliphatic rings. The molecule has 0 rings (SSSR count). The van der Waals surface area contributed by atoms with E-state index in [-0.39, 0.29) is 53.5 Å². The summed E-state index contributed by atoms with van der Waals surface area (Å²) in [6, 6.07) is 0. The monoisotopic (exact) mass is 252 g/mol. The average Bonchev–Trinajstić information content (AvgIpc) is 1.31. The van der Waals surface area contributed by atoms with Crippen molar-refractivity contribution in [2.45, 2.75) is 19.4 Å². The molecule has 0 aromatic heterocycles. The van der Waals surface area contributed by atoms with Crippen molar-refractivity contribution < 1.29 is 58.3 Å². The van der Waals surface area contributed by atoms with Gasteiger partial charge >= 0.3 is 29.6 Å². The second kappa shape index (κ2) is 5.91. The van der Waals surface area contributed by atoms with E-state index in [1.807, 2.05) is 0 Å². The predicted molar refractivity (Wildman–Crippen MR) is 27.5 cm³/mol. The molecule has 5 heteroatoms. The zero-order valence-electron chi connectivity index (χ0n) is 5.94. The third kappa shape index (κ3) is 9.16. The van der Waals surface area contributed by atoms with Crippen LogP contribution in [0.4, 0.5) is 0 Å². The van der Waals surface area contributed by atoms with E-state index in [1.54, 1.807) is 13.8 Å². The van der Waals surface area contributed by atoms with Crippen LogP contribution in [-0.4, -0.2) is 11.4 Å². The van der Waals surface area contributed by atoms with Crippen molar-refractivity contribution in [2.75, 3.05) is 0 Å². The van der Waals surface area contributed by atoms with Gasteiger partial charge in [-0.2, -0.15) is 0 Å². The maximum atomic E-state index is 10.1. The third-order valence-corrected chi connectivity index (χ3v) is 0.635. The second-order valence-corrected chi connectivity index (χ2v) is 2.09. The van der Waals surface area contributed by atoms with Crippen molar-refractivity contribution in [1.29, 1.82) is 0 Å². The SMILES string of the molecule is CC(C)(N)C(N)=O.[I-].[Na+]. The Morgan fingerprint density at radius 2 is 1.56 bits per heavy atom. The number of carbonyl (C=O) groups excluding carboxylic acids is 1. The van der Waals surface area contributed by atoms with Gasteiger partial charge in [-0.1, -0.05) is 0 Å². The fourth-order valence-corrected chi connectivity index (χ4v) is 0. The van der Waals surface area contributed by atoms with Gasteiger partial charge < -0.3 is 35.4 Å². The molecule has 0 heterocycles. The summed E-state index contributed by atoms with van der Waals surface area (Å²) in [4.78, 5) is 10.1. The fraction of sp³-hybridized carbons (Fsp3) is 0.750. The minimum atomic E-state index is -0.861. The maximum absolute atomic E-state index is 10.1. The number of primary amides is 1. The van der Waals surface area contributed by atoms with Crippen LogP contribution in [0, 0.1) is 0 Å². The molecule has 50 valence electrons. The molecule has 0 saturated carbocycles. The van der Waals surface area contributed by atoms with Crippen molar-refractivity contribution in [2.24, 2.45) is 11.5 Å². The zero-order valence-corrected chi connectivity index (χ0v) is 10.1. The van der Waals surface area contributed by atoms with Crippen LogP contribution in [0.25, 0.3) is 0 Å². The van der Waals surface area contributed by atoms with Crippen molar-refractivity contribution >= 4 is 5.91 Å². The number of amides is 1. The van der Waals surface area contributed by atoms with Gasteiger partial charge in [-0.25, -0.2) is 0 Å². The van der Waals surface area contributed by atoms with E-state index in [4.69, 9.17) is 11.5 Å². The molecule has 3 nitrogen and oxygen atoms in total. The normalized spacial score (nSPS) is 8.78. The number of hydrogen-bond donors (Lipinski definition) is 2. The van der Waals surface area contributed by atoms with Crippen molar-refractivity contribution in [3.8, 4) is 0 Å². The van der Waals surface area contributed by atoms with Gasteiger partial charge in [0.2, 0.25) is 5.91 Å². The van der Waals surface area contributed by atoms with Crippen LogP contribution in [-0.2, 0) is 4.79 Å². The first-order valence-electron chi connectivity index (χ1n) is 2.03. The van der Waals surface area contributed by atoms with E-state index in [1.165, 1.54) is 0 Å². The van der Waals surface area contributed by atoms with Crippen LogP contribution in [0.15, 0.2) is 0 Å². The molecule has 0 spiro atoms. The van der Waals surface area contributed by atoms with Gasteiger partial charge in [0.25, 0.3) is 0 Å². The molecule has 0 unspecified atom stereocenters. The molecule has 0 radical (unpaired) electrons. The summed E-state index contributed by atoms with van der Waals surface area (Å²) in [5.41, 5.74) is 9.15. The Morgan fingerprint density at radius 3 is 1.56 bits per heavy atom. The largest absolute Gasteiger partial charge is 1.00 e. The van der Waals surface area contributed by atoms with Gasteiger partial charge in [-0.3, -0.25) is 4.79 Å². The predicted octanol–water partition coefficient (Wildman–Crippen LogP) is -6.78. The molecular formula is C4H10IN2NaO. The van der Waals surface area contributed by atoms with E-state index in [0.29, 0.717) is 0 Å². The van der Waals surface area contributed by atoms with Crippen LogP contribution < -0.4 is 65.0 Å². The van der Waals surface area contributed by atoms with E-state index in [9.17, 15) is 4.79 Å². The average molecular weight is 252 g/mol. The Kier molecular flexibility index (Phi) is 10.9. The summed E-state index contributed by atoms with van der Waals surface area (Å²) in [5, 5.41) is 0. The summed E-state index contributed by atoms with van der Waals surface area (Å²) in [6.45, 7) is 3.13. The molecule has 0 aromatic rings. The number of nitrogens with two attached hydrogens (primary N) is 2. The van der Waals surface area contributed by atoms with Crippen LogP contribution >= 0.6 is 0 Å². The standard InChI is InChI=1S/C4H10N2O.HI.Na/c1-4(2,6)3(5)7;;/h6H2,1-2H3,(H2,5,7);1H;/q;;+1/p-1. The Labute approximate surface area is 94.2 Å². The van der Waals surface area contributed by atoms with E-state index in [0.717, 1.165) is 0 Å². The van der Waals surface area contributed by atoms with Crippen LogP contribution in [0.3, 0.4) is 0 Å². The Bertz CT molecular complexity index is 91.1. The molecule has 1 amide bonds. The Hall–Kier alpha value is 1.16. The number of hydrogen-bond acceptors (Lipinski definition) is 2. The van der Waals surface area contributed by atoms with Crippen LogP contribution in [0.2, 0.25) is 0 Å². The van der Waals surface area contributed by atoms with E-state index < -0.39 is 11.4 Å². The maximum Gasteiger partial charge on any atom is 1.00 e. The first kappa shape index (κ1) is 16.6. The molecule has 4 N–H and O–H groups in total. The summed E-state index contributed by atoms with van der Waals surface area (Å²) >= 11 is 0. The second-order valence-electron chi connectivity index (χ2n) is 2.09.